The van der Waals surface area contributed by atoms with Gasteiger partial charge in [-0.15, -0.1) is 0 Å². The number of allylic oxidation sites excluding steroid dienone is 1. The molecule has 0 saturated carbocycles. The van der Waals surface area contributed by atoms with Gasteiger partial charge in [-0.2, -0.15) is 0 Å². The van der Waals surface area contributed by atoms with E-state index < -0.39 is 18.0 Å². The second-order valence-electron chi connectivity index (χ2n) is 11.2. The Labute approximate surface area is 267 Å². The summed E-state index contributed by atoms with van der Waals surface area (Å²) in [6.07, 6.45) is 9.95. The molecule has 1 heterocycles. The van der Waals surface area contributed by atoms with Crippen molar-refractivity contribution in [3.05, 3.63) is 128 Å². The molecule has 46 heavy (non-hydrogen) atoms. The summed E-state index contributed by atoms with van der Waals surface area (Å²) in [4.78, 5) is 33.3. The third-order valence-corrected chi connectivity index (χ3v) is 8.14. The van der Waals surface area contributed by atoms with E-state index >= 15 is 0 Å². The number of phenolic OH excluding ortho intramolecular Hbond substituents is 1. The van der Waals surface area contributed by atoms with Gasteiger partial charge >= 0.3 is 11.9 Å². The second-order valence-corrected chi connectivity index (χ2v) is 11.2. The van der Waals surface area contributed by atoms with Crippen LogP contribution in [0.2, 0.25) is 0 Å². The molecular formula is C37H40N2O7. The molecule has 4 aromatic rings. The molecule has 2 aliphatic rings. The fraction of sp³-hybridized carbons (Fsp3) is 0.270. The smallest absolute Gasteiger partial charge is 0.328 e. The molecule has 0 spiro atoms. The zero-order chi connectivity index (χ0) is 33.2. The highest BCUT2D eigenvalue weighted by molar-refractivity contribution is 5.89. The number of aromatic nitrogens is 1. The normalized spacial score (nSPS) is 13.8. The van der Waals surface area contributed by atoms with E-state index in [0.29, 0.717) is 41.2 Å². The Kier molecular flexibility index (Phi) is 11.7. The topological polar surface area (TPSA) is 160 Å². The number of benzene rings is 3. The maximum atomic E-state index is 11.6. The van der Waals surface area contributed by atoms with Crippen molar-refractivity contribution in [3.8, 4) is 5.75 Å². The van der Waals surface area contributed by atoms with Crippen LogP contribution in [-0.2, 0) is 41.7 Å². The predicted octanol–water partition coefficient (Wildman–Crippen LogP) is 5.12. The molecule has 2 aliphatic carbocycles. The van der Waals surface area contributed by atoms with Gasteiger partial charge in [0.15, 0.2) is 0 Å². The van der Waals surface area contributed by atoms with Crippen molar-refractivity contribution in [2.75, 3.05) is 6.54 Å². The lowest BCUT2D eigenvalue weighted by Gasteiger charge is -2.18. The van der Waals surface area contributed by atoms with Crippen LogP contribution in [0.1, 0.15) is 58.9 Å². The van der Waals surface area contributed by atoms with E-state index in [9.17, 15) is 24.6 Å². The first-order chi connectivity index (χ1) is 22.1. The lowest BCUT2D eigenvalue weighted by molar-refractivity contribution is -0.134. The molecule has 0 unspecified atom stereocenters. The minimum absolute atomic E-state index is 0.00584. The summed E-state index contributed by atoms with van der Waals surface area (Å²) in [7, 11) is 0. The number of pyridine rings is 1. The van der Waals surface area contributed by atoms with Crippen LogP contribution in [0.25, 0.3) is 17.0 Å². The Morgan fingerprint density at radius 2 is 1.54 bits per heavy atom. The number of rotatable bonds is 8. The van der Waals surface area contributed by atoms with Crippen LogP contribution in [0.4, 0.5) is 0 Å². The predicted molar refractivity (Wildman–Crippen MR) is 179 cm³/mol. The number of nitrogens with one attached hydrogen (secondary N) is 2. The van der Waals surface area contributed by atoms with Crippen LogP contribution in [0.3, 0.4) is 0 Å². The van der Waals surface area contributed by atoms with Crippen molar-refractivity contribution in [3.63, 3.8) is 0 Å². The van der Waals surface area contributed by atoms with E-state index in [0.717, 1.165) is 32.1 Å². The van der Waals surface area contributed by atoms with E-state index in [2.05, 4.69) is 72.7 Å². The highest BCUT2D eigenvalue weighted by Gasteiger charge is 2.24. The van der Waals surface area contributed by atoms with Crippen molar-refractivity contribution in [2.24, 2.45) is 0 Å². The number of aromatic hydroxyl groups is 1. The summed E-state index contributed by atoms with van der Waals surface area (Å²) in [6, 6.07) is 19.8. The average Bonchev–Trinajstić information content (AvgIpc) is 3.69. The minimum Gasteiger partial charge on any atom is -0.506 e. The summed E-state index contributed by atoms with van der Waals surface area (Å²) >= 11 is 0. The van der Waals surface area contributed by atoms with Crippen molar-refractivity contribution in [2.45, 2.75) is 58.1 Å². The Balaban J connectivity index is 0.000000229. The van der Waals surface area contributed by atoms with Gasteiger partial charge in [0.05, 0.1) is 11.6 Å². The monoisotopic (exact) mass is 624 g/mol. The maximum Gasteiger partial charge on any atom is 0.328 e. The average molecular weight is 625 g/mol. The number of carbonyl (C=O) groups is 2. The van der Waals surface area contributed by atoms with Crippen LogP contribution in [0.5, 0.6) is 5.75 Å². The van der Waals surface area contributed by atoms with Crippen LogP contribution >= 0.6 is 0 Å². The third-order valence-electron chi connectivity index (χ3n) is 8.14. The van der Waals surface area contributed by atoms with Crippen LogP contribution in [-0.4, -0.2) is 49.9 Å². The summed E-state index contributed by atoms with van der Waals surface area (Å²) in [5, 5.41) is 40.6. The fourth-order valence-electron chi connectivity index (χ4n) is 5.85. The molecule has 9 nitrogen and oxygen atoms in total. The van der Waals surface area contributed by atoms with E-state index in [1.807, 2.05) is 0 Å². The molecule has 6 N–H and O–H groups in total. The molecule has 240 valence electrons. The van der Waals surface area contributed by atoms with Gasteiger partial charge in [0.2, 0.25) is 5.56 Å². The summed E-state index contributed by atoms with van der Waals surface area (Å²) in [5.41, 5.74) is 9.33. The number of phenols is 1. The molecule has 0 aliphatic heterocycles. The number of H-pyrrole nitrogens is 1. The van der Waals surface area contributed by atoms with E-state index in [1.54, 1.807) is 12.1 Å². The maximum absolute atomic E-state index is 11.6. The lowest BCUT2D eigenvalue weighted by Crippen LogP contribution is -2.33. The zero-order valence-corrected chi connectivity index (χ0v) is 26.0. The molecule has 0 fully saturated rings. The first-order valence-electron chi connectivity index (χ1n) is 15.4. The molecule has 3 aromatic carbocycles. The molecule has 0 saturated heterocycles. The number of carboxylic acid groups (broad SMARTS) is 2. The van der Waals surface area contributed by atoms with Crippen molar-refractivity contribution >= 4 is 28.9 Å². The Bertz CT molecular complexity index is 1770. The standard InChI is InChI=1S/C24H28N2O3.C9H8.C4H4O4/c1-3-14-9-16-11-18(12-17(16)10-15(14)4-2)25-13-22(28)19-5-7-21(27)24-20(19)6-8-23(29)26-24;1-2-5-9-7-3-6-8(9)4-1;5-3(6)1-2-4(7)8/h5-10,18,22,25,27-28H,3-4,11-13H2,1-2H3,(H,26,29);1-6H,7H2;1-2H,(H,5,6)(H,7,8)/b;;2-1-/t22-;;/m0../s1. The van der Waals surface area contributed by atoms with Crippen molar-refractivity contribution in [1.29, 1.82) is 0 Å². The van der Waals surface area contributed by atoms with E-state index in [4.69, 9.17) is 10.2 Å². The van der Waals surface area contributed by atoms with Gasteiger partial charge in [-0.1, -0.05) is 68.5 Å². The largest absolute Gasteiger partial charge is 0.506 e. The molecule has 0 amide bonds. The van der Waals surface area contributed by atoms with Crippen molar-refractivity contribution in [1.82, 2.24) is 10.3 Å². The number of aliphatic hydroxyl groups excluding tert-OH is 1. The van der Waals surface area contributed by atoms with Gasteiger partial charge < -0.3 is 30.7 Å². The Hall–Kier alpha value is -4.99. The highest BCUT2D eigenvalue weighted by atomic mass is 16.4. The van der Waals surface area contributed by atoms with Gasteiger partial charge in [0.25, 0.3) is 0 Å². The number of fused-ring (bicyclic) bond motifs is 3. The zero-order valence-electron chi connectivity index (χ0n) is 26.0. The Morgan fingerprint density at radius 3 is 2.13 bits per heavy atom. The summed E-state index contributed by atoms with van der Waals surface area (Å²) < 4.78 is 0. The molecule has 0 bridgehead atoms. The summed E-state index contributed by atoms with van der Waals surface area (Å²) in [6.45, 7) is 4.83. The van der Waals surface area contributed by atoms with Gasteiger partial charge in [0.1, 0.15) is 5.75 Å². The lowest BCUT2D eigenvalue weighted by atomic mass is 9.97. The highest BCUT2D eigenvalue weighted by Crippen LogP contribution is 2.30. The molecule has 6 rings (SSSR count). The number of hydrogen-bond donors (Lipinski definition) is 6. The van der Waals surface area contributed by atoms with Gasteiger partial charge in [-0.3, -0.25) is 4.79 Å². The van der Waals surface area contributed by atoms with Crippen molar-refractivity contribution < 1.29 is 30.0 Å². The van der Waals surface area contributed by atoms with Crippen LogP contribution in [0, 0.1) is 0 Å². The van der Waals surface area contributed by atoms with Gasteiger partial charge in [0, 0.05) is 36.2 Å². The van der Waals surface area contributed by atoms with Crippen LogP contribution in [0.15, 0.2) is 83.7 Å². The molecule has 1 atom stereocenters. The number of aliphatic hydroxyl groups is 1. The molecule has 1 aromatic heterocycles. The first-order valence-corrected chi connectivity index (χ1v) is 15.4. The number of hydrogen-bond acceptors (Lipinski definition) is 6. The number of carboxylic acids is 2. The molecule has 9 heteroatoms. The fourth-order valence-corrected chi connectivity index (χ4v) is 5.85. The molecular weight excluding hydrogens is 584 g/mol. The SMILES string of the molecule is C1=Cc2ccccc2C1.CCc1cc2c(cc1CC)CC(NC[C@H](O)c1ccc(O)c3[nH]c(=O)ccc13)C2.O=C(O)/C=C\C(=O)O. The van der Waals surface area contributed by atoms with Crippen LogP contribution < -0.4 is 10.9 Å². The number of aliphatic carboxylic acids is 2. The third kappa shape index (κ3) is 8.80. The first kappa shape index (κ1) is 33.9. The van der Waals surface area contributed by atoms with Gasteiger partial charge in [-0.05, 0) is 83.2 Å². The summed E-state index contributed by atoms with van der Waals surface area (Å²) in [5.74, 6) is -2.51. The van der Waals surface area contributed by atoms with Gasteiger partial charge in [-0.25, -0.2) is 9.59 Å². The van der Waals surface area contributed by atoms with E-state index in [1.165, 1.54) is 45.5 Å². The number of aryl methyl sites for hydroxylation is 2. The second kappa shape index (κ2) is 15.8. The molecule has 0 radical (unpaired) electrons. The quantitative estimate of drug-likeness (QED) is 0.147. The van der Waals surface area contributed by atoms with E-state index in [-0.39, 0.29) is 11.3 Å². The Morgan fingerprint density at radius 1 is 0.913 bits per heavy atom. The number of aromatic amines is 1. The minimum atomic E-state index is -1.26.